The first-order valence-corrected chi connectivity index (χ1v) is 10.8. The smallest absolute Gasteiger partial charge is 0.253 e. The lowest BCUT2D eigenvalue weighted by Crippen LogP contribution is -2.45. The number of hydrogen-bond donors (Lipinski definition) is 3. The first-order valence-electron chi connectivity index (χ1n) is 10.4. The quantitative estimate of drug-likeness (QED) is 0.371. The molecule has 0 spiro atoms. The number of H-pyrrole nitrogens is 1. The summed E-state index contributed by atoms with van der Waals surface area (Å²) in [7, 11) is 0. The Morgan fingerprint density at radius 3 is 2.50 bits per heavy atom. The summed E-state index contributed by atoms with van der Waals surface area (Å²) in [6, 6.07) is 19.6. The van der Waals surface area contributed by atoms with Crippen molar-refractivity contribution in [2.45, 2.75) is 26.3 Å². The lowest BCUT2D eigenvalue weighted by molar-refractivity contribution is -0.118. The molecule has 162 valence electrons. The molecule has 0 saturated carbocycles. The second-order valence-corrected chi connectivity index (χ2v) is 8.27. The van der Waals surface area contributed by atoms with E-state index in [9.17, 15) is 9.59 Å². The number of nitrogens with one attached hydrogen (secondary N) is 3. The average Bonchev–Trinajstić information content (AvgIpc) is 3.19. The number of amides is 2. The highest BCUT2D eigenvalue weighted by Gasteiger charge is 2.24. The van der Waals surface area contributed by atoms with Crippen LogP contribution in [0.2, 0.25) is 5.02 Å². The van der Waals surface area contributed by atoms with Crippen molar-refractivity contribution in [1.82, 2.24) is 10.3 Å². The number of halogens is 1. The predicted molar refractivity (Wildman–Crippen MR) is 129 cm³/mol. The highest BCUT2D eigenvalue weighted by molar-refractivity contribution is 6.33. The largest absolute Gasteiger partial charge is 0.361 e. The second-order valence-electron chi connectivity index (χ2n) is 7.86. The molecule has 1 heterocycles. The zero-order valence-electron chi connectivity index (χ0n) is 17.9. The zero-order valence-corrected chi connectivity index (χ0v) is 18.7. The molecule has 0 fully saturated rings. The van der Waals surface area contributed by atoms with Gasteiger partial charge < -0.3 is 15.6 Å². The first kappa shape index (κ1) is 21.7. The zero-order chi connectivity index (χ0) is 22.7. The van der Waals surface area contributed by atoms with Crippen molar-refractivity contribution in [1.29, 1.82) is 0 Å². The van der Waals surface area contributed by atoms with Crippen LogP contribution in [0.25, 0.3) is 10.9 Å². The van der Waals surface area contributed by atoms with Crippen LogP contribution >= 0.6 is 11.6 Å². The standard InChI is InChI=1S/C26H24ClN3O2/c1-16-11-12-19(13-17(16)2)29-26(32)24(30-25(31)21-8-3-5-9-22(21)27)14-18-15-28-23-10-6-4-7-20(18)23/h3-13,15,24,28H,14H2,1-2H3,(H,29,32)(H,30,31)/t24-/m0/s1. The highest BCUT2D eigenvalue weighted by Crippen LogP contribution is 2.21. The molecule has 4 aromatic rings. The molecular weight excluding hydrogens is 422 g/mol. The van der Waals surface area contributed by atoms with Gasteiger partial charge in [-0.2, -0.15) is 0 Å². The third kappa shape index (κ3) is 4.68. The van der Waals surface area contributed by atoms with Crippen LogP contribution in [0.15, 0.2) is 72.9 Å². The Labute approximate surface area is 191 Å². The minimum absolute atomic E-state index is 0.293. The maximum absolute atomic E-state index is 13.3. The van der Waals surface area contributed by atoms with Gasteiger partial charge in [-0.15, -0.1) is 0 Å². The van der Waals surface area contributed by atoms with Crippen LogP contribution < -0.4 is 10.6 Å². The monoisotopic (exact) mass is 445 g/mol. The number of hydrogen-bond acceptors (Lipinski definition) is 2. The van der Waals surface area contributed by atoms with Gasteiger partial charge in [0, 0.05) is 29.2 Å². The minimum Gasteiger partial charge on any atom is -0.361 e. The van der Waals surface area contributed by atoms with E-state index in [1.54, 1.807) is 24.3 Å². The third-order valence-electron chi connectivity index (χ3n) is 5.61. The fourth-order valence-corrected chi connectivity index (χ4v) is 3.88. The van der Waals surface area contributed by atoms with E-state index in [0.717, 1.165) is 27.6 Å². The number of aromatic nitrogens is 1. The fraction of sp³-hybridized carbons (Fsp3) is 0.154. The average molecular weight is 446 g/mol. The molecule has 3 N–H and O–H groups in total. The van der Waals surface area contributed by atoms with Gasteiger partial charge >= 0.3 is 0 Å². The molecule has 6 heteroatoms. The lowest BCUT2D eigenvalue weighted by Gasteiger charge is -2.19. The molecule has 0 aliphatic rings. The molecule has 0 aliphatic heterocycles. The molecule has 32 heavy (non-hydrogen) atoms. The predicted octanol–water partition coefficient (Wildman–Crippen LogP) is 5.42. The lowest BCUT2D eigenvalue weighted by atomic mass is 10.0. The van der Waals surface area contributed by atoms with E-state index in [4.69, 9.17) is 11.6 Å². The van der Waals surface area contributed by atoms with Gasteiger partial charge in [0.2, 0.25) is 5.91 Å². The van der Waals surface area contributed by atoms with Gasteiger partial charge in [0.05, 0.1) is 10.6 Å². The van der Waals surface area contributed by atoms with Crippen LogP contribution in [0, 0.1) is 13.8 Å². The van der Waals surface area contributed by atoms with E-state index < -0.39 is 11.9 Å². The molecule has 5 nitrogen and oxygen atoms in total. The van der Waals surface area contributed by atoms with Crippen molar-refractivity contribution in [2.24, 2.45) is 0 Å². The van der Waals surface area contributed by atoms with E-state index >= 15 is 0 Å². The van der Waals surface area contributed by atoms with Crippen LogP contribution in [0.1, 0.15) is 27.0 Å². The van der Waals surface area contributed by atoms with Gasteiger partial charge in [-0.05, 0) is 60.9 Å². The minimum atomic E-state index is -0.792. The highest BCUT2D eigenvalue weighted by atomic mass is 35.5. The van der Waals surface area contributed by atoms with Crippen molar-refractivity contribution in [3.63, 3.8) is 0 Å². The van der Waals surface area contributed by atoms with Crippen molar-refractivity contribution in [2.75, 3.05) is 5.32 Å². The fourth-order valence-electron chi connectivity index (χ4n) is 3.66. The molecule has 0 saturated heterocycles. The molecule has 0 aliphatic carbocycles. The number of para-hydroxylation sites is 1. The van der Waals surface area contributed by atoms with Crippen molar-refractivity contribution >= 4 is 40.0 Å². The summed E-state index contributed by atoms with van der Waals surface area (Å²) in [5, 5.41) is 7.17. The van der Waals surface area contributed by atoms with Crippen LogP contribution in [0.4, 0.5) is 5.69 Å². The van der Waals surface area contributed by atoms with E-state index in [1.807, 2.05) is 62.5 Å². The third-order valence-corrected chi connectivity index (χ3v) is 5.94. The summed E-state index contributed by atoms with van der Waals surface area (Å²) >= 11 is 6.20. The summed E-state index contributed by atoms with van der Waals surface area (Å²) in [5.74, 6) is -0.686. The Morgan fingerprint density at radius 2 is 1.72 bits per heavy atom. The van der Waals surface area contributed by atoms with E-state index in [0.29, 0.717) is 22.7 Å². The Bertz CT molecular complexity index is 1300. The number of rotatable bonds is 6. The maximum Gasteiger partial charge on any atom is 0.253 e. The number of aryl methyl sites for hydroxylation is 2. The second kappa shape index (κ2) is 9.28. The number of carbonyl (C=O) groups is 2. The topological polar surface area (TPSA) is 74.0 Å². The SMILES string of the molecule is Cc1ccc(NC(=O)[C@H](Cc2c[nH]c3ccccc23)NC(=O)c2ccccc2Cl)cc1C. The number of benzene rings is 3. The van der Waals surface area contributed by atoms with Crippen LogP contribution in [0.3, 0.4) is 0 Å². The van der Waals surface area contributed by atoms with E-state index in [-0.39, 0.29) is 5.91 Å². The van der Waals surface area contributed by atoms with Crippen molar-refractivity contribution < 1.29 is 9.59 Å². The molecule has 0 bridgehead atoms. The molecule has 4 rings (SSSR count). The van der Waals surface area contributed by atoms with Gasteiger partial charge in [0.15, 0.2) is 0 Å². The van der Waals surface area contributed by atoms with Gasteiger partial charge in [-0.1, -0.05) is 48.0 Å². The van der Waals surface area contributed by atoms with Crippen LogP contribution in [-0.4, -0.2) is 22.8 Å². The van der Waals surface area contributed by atoms with Crippen molar-refractivity contribution in [3.05, 3.63) is 100 Å². The van der Waals surface area contributed by atoms with Crippen molar-refractivity contribution in [3.8, 4) is 0 Å². The number of carbonyl (C=O) groups excluding carboxylic acids is 2. The molecule has 3 aromatic carbocycles. The molecular formula is C26H24ClN3O2. The summed E-state index contributed by atoms with van der Waals surface area (Å²) in [6.45, 7) is 4.01. The number of anilines is 1. The van der Waals surface area contributed by atoms with Gasteiger partial charge in [0.1, 0.15) is 6.04 Å². The normalized spacial score (nSPS) is 11.8. The number of fused-ring (bicyclic) bond motifs is 1. The maximum atomic E-state index is 13.3. The summed E-state index contributed by atoms with van der Waals surface area (Å²) in [5.41, 5.74) is 5.17. The Kier molecular flexibility index (Phi) is 6.28. The Balaban J connectivity index is 1.62. The summed E-state index contributed by atoms with van der Waals surface area (Å²) in [6.07, 6.45) is 2.21. The van der Waals surface area contributed by atoms with Gasteiger partial charge in [0.25, 0.3) is 5.91 Å². The summed E-state index contributed by atoms with van der Waals surface area (Å²) in [4.78, 5) is 29.4. The molecule has 2 amide bonds. The Morgan fingerprint density at radius 1 is 0.969 bits per heavy atom. The molecule has 1 atom stereocenters. The van der Waals surface area contributed by atoms with E-state index in [1.165, 1.54) is 0 Å². The van der Waals surface area contributed by atoms with Crippen LogP contribution in [-0.2, 0) is 11.2 Å². The van der Waals surface area contributed by atoms with Crippen LogP contribution in [0.5, 0.6) is 0 Å². The van der Waals surface area contributed by atoms with Gasteiger partial charge in [-0.25, -0.2) is 0 Å². The Hall–Kier alpha value is -3.57. The molecule has 1 aromatic heterocycles. The van der Waals surface area contributed by atoms with E-state index in [2.05, 4.69) is 15.6 Å². The first-order chi connectivity index (χ1) is 15.4. The number of aromatic amines is 1. The summed E-state index contributed by atoms with van der Waals surface area (Å²) < 4.78 is 0. The molecule has 0 radical (unpaired) electrons. The molecule has 0 unspecified atom stereocenters. The van der Waals surface area contributed by atoms with Gasteiger partial charge in [-0.3, -0.25) is 9.59 Å².